The van der Waals surface area contributed by atoms with E-state index in [-0.39, 0.29) is 12.1 Å². The van der Waals surface area contributed by atoms with Gasteiger partial charge in [-0.05, 0) is 35.9 Å². The summed E-state index contributed by atoms with van der Waals surface area (Å²) in [5.41, 5.74) is 2.73. The fraction of sp³-hybridized carbons (Fsp3) is 0.200. The summed E-state index contributed by atoms with van der Waals surface area (Å²) in [7, 11) is 1.59. The highest BCUT2D eigenvalue weighted by Crippen LogP contribution is 2.33. The van der Waals surface area contributed by atoms with Crippen molar-refractivity contribution < 1.29 is 9.53 Å². The maximum atomic E-state index is 13.1. The third kappa shape index (κ3) is 2.90. The average molecular weight is 348 g/mol. The Balaban J connectivity index is 1.67. The molecule has 2 aromatic heterocycles. The number of rotatable bonds is 3. The summed E-state index contributed by atoms with van der Waals surface area (Å²) in [5.74, 6) is 0.638. The zero-order valence-corrected chi connectivity index (χ0v) is 14.5. The second-order valence-electron chi connectivity index (χ2n) is 6.14. The SMILES string of the molecule is COc1ccccc1NC(=O)N1CCn2cccc2C1c1cccnc1. The molecule has 4 rings (SSSR count). The number of pyridine rings is 1. The molecule has 0 spiro atoms. The molecule has 2 amide bonds. The normalized spacial score (nSPS) is 16.0. The van der Waals surface area contributed by atoms with Gasteiger partial charge < -0.3 is 19.5 Å². The number of benzene rings is 1. The number of methoxy groups -OCH3 is 1. The number of nitrogens with zero attached hydrogens (tertiary/aromatic N) is 3. The summed E-state index contributed by atoms with van der Waals surface area (Å²) in [6.45, 7) is 1.38. The van der Waals surface area contributed by atoms with Crippen molar-refractivity contribution in [2.45, 2.75) is 12.6 Å². The molecule has 6 heteroatoms. The lowest BCUT2D eigenvalue weighted by molar-refractivity contribution is 0.181. The third-order valence-electron chi connectivity index (χ3n) is 4.65. The number of fused-ring (bicyclic) bond motifs is 1. The van der Waals surface area contributed by atoms with Crippen molar-refractivity contribution in [2.75, 3.05) is 19.0 Å². The van der Waals surface area contributed by atoms with Gasteiger partial charge in [0.2, 0.25) is 0 Å². The van der Waals surface area contributed by atoms with Gasteiger partial charge in [0, 0.05) is 37.4 Å². The lowest BCUT2D eigenvalue weighted by Gasteiger charge is -2.37. The van der Waals surface area contributed by atoms with E-state index in [1.807, 2.05) is 59.8 Å². The molecule has 0 fully saturated rings. The van der Waals surface area contributed by atoms with Crippen molar-refractivity contribution in [3.8, 4) is 5.75 Å². The van der Waals surface area contributed by atoms with Gasteiger partial charge in [0.1, 0.15) is 11.8 Å². The summed E-state index contributed by atoms with van der Waals surface area (Å²) in [6, 6.07) is 15.0. The number of aromatic nitrogens is 2. The first-order valence-electron chi connectivity index (χ1n) is 8.53. The minimum Gasteiger partial charge on any atom is -0.495 e. The summed E-state index contributed by atoms with van der Waals surface area (Å²) in [6.07, 6.45) is 5.61. The molecule has 3 aromatic rings. The van der Waals surface area contributed by atoms with E-state index in [4.69, 9.17) is 4.74 Å². The van der Waals surface area contributed by atoms with Gasteiger partial charge in [-0.1, -0.05) is 18.2 Å². The number of ether oxygens (including phenoxy) is 1. The first kappa shape index (κ1) is 16.2. The molecule has 0 bridgehead atoms. The van der Waals surface area contributed by atoms with Gasteiger partial charge in [-0.3, -0.25) is 4.98 Å². The van der Waals surface area contributed by atoms with Crippen LogP contribution in [0.3, 0.4) is 0 Å². The molecule has 1 atom stereocenters. The number of hydrogen-bond donors (Lipinski definition) is 1. The van der Waals surface area contributed by atoms with Crippen LogP contribution in [0.25, 0.3) is 0 Å². The summed E-state index contributed by atoms with van der Waals surface area (Å²) >= 11 is 0. The van der Waals surface area contributed by atoms with E-state index in [1.165, 1.54) is 0 Å². The molecule has 1 aliphatic heterocycles. The van der Waals surface area contributed by atoms with E-state index in [1.54, 1.807) is 13.3 Å². The van der Waals surface area contributed by atoms with Crippen LogP contribution in [-0.4, -0.2) is 34.1 Å². The van der Waals surface area contributed by atoms with Gasteiger partial charge >= 0.3 is 6.03 Å². The van der Waals surface area contributed by atoms with Crippen LogP contribution in [0.1, 0.15) is 17.3 Å². The second kappa shape index (κ2) is 6.92. The van der Waals surface area contributed by atoms with E-state index in [2.05, 4.69) is 20.9 Å². The second-order valence-corrected chi connectivity index (χ2v) is 6.14. The summed E-state index contributed by atoms with van der Waals surface area (Å²) in [4.78, 5) is 19.2. The molecule has 132 valence electrons. The first-order chi connectivity index (χ1) is 12.8. The van der Waals surface area contributed by atoms with Crippen LogP contribution in [0.4, 0.5) is 10.5 Å². The standard InChI is InChI=1S/C20H20N4O2/c1-26-18-9-3-2-7-16(18)22-20(25)24-13-12-23-11-5-8-17(23)19(24)15-6-4-10-21-14-15/h2-11,14,19H,12-13H2,1H3,(H,22,25). The molecule has 0 aliphatic carbocycles. The topological polar surface area (TPSA) is 59.4 Å². The highest BCUT2D eigenvalue weighted by molar-refractivity contribution is 5.91. The zero-order valence-electron chi connectivity index (χ0n) is 14.5. The Morgan fingerprint density at radius 1 is 1.15 bits per heavy atom. The highest BCUT2D eigenvalue weighted by atomic mass is 16.5. The third-order valence-corrected chi connectivity index (χ3v) is 4.65. The van der Waals surface area contributed by atoms with Gasteiger partial charge in [-0.15, -0.1) is 0 Å². The van der Waals surface area contributed by atoms with Crippen molar-refractivity contribution in [3.05, 3.63) is 78.4 Å². The van der Waals surface area contributed by atoms with Crippen LogP contribution >= 0.6 is 0 Å². The van der Waals surface area contributed by atoms with Gasteiger partial charge in [-0.2, -0.15) is 0 Å². The number of amides is 2. The molecule has 0 radical (unpaired) electrons. The predicted molar refractivity (Wildman–Crippen MR) is 99.2 cm³/mol. The highest BCUT2D eigenvalue weighted by Gasteiger charge is 2.32. The van der Waals surface area contributed by atoms with E-state index < -0.39 is 0 Å². The fourth-order valence-electron chi connectivity index (χ4n) is 3.43. The molecule has 0 saturated carbocycles. The Bertz CT molecular complexity index is 907. The van der Waals surface area contributed by atoms with Gasteiger partial charge in [0.25, 0.3) is 0 Å². The van der Waals surface area contributed by atoms with Gasteiger partial charge in [0.05, 0.1) is 12.8 Å². The number of urea groups is 1. The maximum absolute atomic E-state index is 13.1. The quantitative estimate of drug-likeness (QED) is 0.788. The zero-order chi connectivity index (χ0) is 17.9. The number of anilines is 1. The number of hydrogen-bond acceptors (Lipinski definition) is 3. The largest absolute Gasteiger partial charge is 0.495 e. The number of nitrogens with one attached hydrogen (secondary N) is 1. The fourth-order valence-corrected chi connectivity index (χ4v) is 3.43. The van der Waals surface area contributed by atoms with Crippen LogP contribution in [-0.2, 0) is 6.54 Å². The first-order valence-corrected chi connectivity index (χ1v) is 8.53. The van der Waals surface area contributed by atoms with Crippen molar-refractivity contribution in [1.82, 2.24) is 14.5 Å². The lowest BCUT2D eigenvalue weighted by atomic mass is 10.0. The van der Waals surface area contributed by atoms with Crippen molar-refractivity contribution >= 4 is 11.7 Å². The van der Waals surface area contributed by atoms with Crippen LogP contribution < -0.4 is 10.1 Å². The maximum Gasteiger partial charge on any atom is 0.322 e. The number of para-hydroxylation sites is 2. The van der Waals surface area contributed by atoms with Crippen LogP contribution in [0.2, 0.25) is 0 Å². The average Bonchev–Trinajstić information content (AvgIpc) is 3.17. The minimum atomic E-state index is -0.179. The molecule has 1 aliphatic rings. The Hall–Kier alpha value is -3.28. The molecule has 1 unspecified atom stereocenters. The predicted octanol–water partition coefficient (Wildman–Crippen LogP) is 3.53. The minimum absolute atomic E-state index is 0.157. The monoisotopic (exact) mass is 348 g/mol. The molecule has 1 aromatic carbocycles. The Kier molecular flexibility index (Phi) is 4.31. The van der Waals surface area contributed by atoms with E-state index in [0.717, 1.165) is 17.8 Å². The van der Waals surface area contributed by atoms with Crippen molar-refractivity contribution in [2.24, 2.45) is 0 Å². The summed E-state index contributed by atoms with van der Waals surface area (Å²) in [5, 5.41) is 2.99. The van der Waals surface area contributed by atoms with E-state index in [9.17, 15) is 4.79 Å². The van der Waals surface area contributed by atoms with Crippen molar-refractivity contribution in [1.29, 1.82) is 0 Å². The molecular formula is C20H20N4O2. The molecule has 0 saturated heterocycles. The molecule has 1 N–H and O–H groups in total. The Morgan fingerprint density at radius 3 is 2.85 bits per heavy atom. The molecule has 26 heavy (non-hydrogen) atoms. The van der Waals surface area contributed by atoms with Crippen LogP contribution in [0.15, 0.2) is 67.1 Å². The molecule has 6 nitrogen and oxygen atoms in total. The molecule has 3 heterocycles. The van der Waals surface area contributed by atoms with Crippen LogP contribution in [0, 0.1) is 0 Å². The van der Waals surface area contributed by atoms with Crippen LogP contribution in [0.5, 0.6) is 5.75 Å². The Morgan fingerprint density at radius 2 is 2.04 bits per heavy atom. The Labute approximate surface area is 152 Å². The van der Waals surface area contributed by atoms with Gasteiger partial charge in [-0.25, -0.2) is 4.79 Å². The summed E-state index contributed by atoms with van der Waals surface area (Å²) < 4.78 is 7.53. The number of carbonyl (C=O) groups is 1. The number of carbonyl (C=O) groups excluding carboxylic acids is 1. The van der Waals surface area contributed by atoms with Gasteiger partial charge in [0.15, 0.2) is 0 Å². The van der Waals surface area contributed by atoms with E-state index in [0.29, 0.717) is 18.0 Å². The lowest BCUT2D eigenvalue weighted by Crippen LogP contribution is -2.44. The smallest absolute Gasteiger partial charge is 0.322 e. The van der Waals surface area contributed by atoms with E-state index >= 15 is 0 Å². The molecular weight excluding hydrogens is 328 g/mol. The van der Waals surface area contributed by atoms with Crippen molar-refractivity contribution in [3.63, 3.8) is 0 Å².